The molecule has 19 heavy (non-hydrogen) atoms. The third-order valence-electron chi connectivity index (χ3n) is 3.64. The van der Waals surface area contributed by atoms with E-state index < -0.39 is 15.4 Å². The van der Waals surface area contributed by atoms with Crippen molar-refractivity contribution in [3.63, 3.8) is 0 Å². The number of anilines is 2. The molecule has 2 aliphatic rings. The lowest BCUT2D eigenvalue weighted by molar-refractivity contribution is 0.0839. The van der Waals surface area contributed by atoms with E-state index in [4.69, 9.17) is 5.73 Å². The Kier molecular flexibility index (Phi) is 2.81. The summed E-state index contributed by atoms with van der Waals surface area (Å²) >= 11 is 1.11. The van der Waals surface area contributed by atoms with E-state index >= 15 is 0 Å². The summed E-state index contributed by atoms with van der Waals surface area (Å²) in [5.74, 6) is 0.0958. The van der Waals surface area contributed by atoms with Gasteiger partial charge in [0, 0.05) is 13.1 Å². The zero-order valence-electron chi connectivity index (χ0n) is 10.7. The van der Waals surface area contributed by atoms with Gasteiger partial charge in [-0.1, -0.05) is 0 Å². The lowest BCUT2D eigenvalue weighted by Gasteiger charge is -2.20. The second kappa shape index (κ2) is 4.07. The zero-order valence-corrected chi connectivity index (χ0v) is 12.3. The van der Waals surface area contributed by atoms with Crippen LogP contribution in [0, 0.1) is 0 Å². The van der Waals surface area contributed by atoms with Gasteiger partial charge in [-0.3, -0.25) is 0 Å². The molecule has 0 aromatic carbocycles. The molecule has 8 heteroatoms. The Balaban J connectivity index is 2.00. The predicted octanol–water partition coefficient (Wildman–Crippen LogP) is 0.623. The molecular weight excluding hydrogens is 286 g/mol. The van der Waals surface area contributed by atoms with Gasteiger partial charge in [-0.15, -0.1) is 0 Å². The van der Waals surface area contributed by atoms with Crippen LogP contribution in [0.25, 0.3) is 0 Å². The third-order valence-corrected chi connectivity index (χ3v) is 7.02. The van der Waals surface area contributed by atoms with Crippen LogP contribution in [0.15, 0.2) is 4.90 Å². The Bertz CT molecular complexity index is 605. The highest BCUT2D eigenvalue weighted by atomic mass is 32.2. The number of hydrogen-bond acceptors (Lipinski definition) is 7. The van der Waals surface area contributed by atoms with E-state index in [0.717, 1.165) is 11.5 Å². The van der Waals surface area contributed by atoms with E-state index in [1.54, 1.807) is 6.92 Å². The zero-order chi connectivity index (χ0) is 13.8. The summed E-state index contributed by atoms with van der Waals surface area (Å²) in [5, 5.41) is 10.3. The minimum Gasteiger partial charge on any atom is -0.388 e. The monoisotopic (exact) mass is 303 g/mol. The average molecular weight is 303 g/mol. The van der Waals surface area contributed by atoms with Gasteiger partial charge in [-0.05, 0) is 37.7 Å². The number of sulfone groups is 1. The molecule has 0 spiro atoms. The number of aromatic nitrogens is 1. The molecule has 0 bridgehead atoms. The maximum atomic E-state index is 12.4. The number of nitrogen functional groups attached to an aromatic ring is 1. The number of β-amino-alcohol motifs (C(OH)–C–C–N with tert-alkyl or cyclic N) is 1. The topological polar surface area (TPSA) is 96.5 Å². The van der Waals surface area contributed by atoms with Gasteiger partial charge in [0.25, 0.3) is 0 Å². The van der Waals surface area contributed by atoms with Crippen LogP contribution in [0.2, 0.25) is 0 Å². The normalized spacial score (nSPS) is 28.0. The fourth-order valence-corrected chi connectivity index (χ4v) is 5.47. The fourth-order valence-electron chi connectivity index (χ4n) is 2.42. The molecular formula is C11H17N3O3S2. The van der Waals surface area contributed by atoms with E-state index in [-0.39, 0.29) is 16.0 Å². The number of rotatable bonds is 3. The molecule has 0 amide bonds. The average Bonchev–Trinajstić information content (AvgIpc) is 3.01. The van der Waals surface area contributed by atoms with Crippen LogP contribution < -0.4 is 10.6 Å². The highest BCUT2D eigenvalue weighted by Crippen LogP contribution is 2.43. The summed E-state index contributed by atoms with van der Waals surface area (Å²) in [6, 6.07) is 0. The Labute approximate surface area is 116 Å². The van der Waals surface area contributed by atoms with Crippen LogP contribution in [0.3, 0.4) is 0 Å². The molecule has 6 nitrogen and oxygen atoms in total. The molecule has 1 aliphatic heterocycles. The van der Waals surface area contributed by atoms with E-state index in [1.807, 2.05) is 4.90 Å². The van der Waals surface area contributed by atoms with Crippen molar-refractivity contribution < 1.29 is 13.5 Å². The summed E-state index contributed by atoms with van der Waals surface area (Å²) in [4.78, 5) is 2.06. The Morgan fingerprint density at radius 3 is 2.74 bits per heavy atom. The SMILES string of the molecule is CC1(O)CCN(c2snc(N)c2S(=O)(=O)C2CC2)C1. The molecule has 2 fully saturated rings. The van der Waals surface area contributed by atoms with Gasteiger partial charge in [0.1, 0.15) is 9.90 Å². The minimum absolute atomic E-state index is 0.0958. The van der Waals surface area contributed by atoms with Crippen molar-refractivity contribution in [3.8, 4) is 0 Å². The van der Waals surface area contributed by atoms with E-state index in [0.29, 0.717) is 37.4 Å². The predicted molar refractivity (Wildman–Crippen MR) is 74.2 cm³/mol. The molecule has 3 N–H and O–H groups in total. The quantitative estimate of drug-likeness (QED) is 0.850. The third kappa shape index (κ3) is 2.21. The van der Waals surface area contributed by atoms with Crippen LogP contribution in [-0.4, -0.2) is 41.8 Å². The second-order valence-electron chi connectivity index (χ2n) is 5.61. The first kappa shape index (κ1) is 13.1. The van der Waals surface area contributed by atoms with Crippen LogP contribution in [0.4, 0.5) is 10.8 Å². The number of nitrogens with two attached hydrogens (primary N) is 1. The molecule has 1 atom stereocenters. The van der Waals surface area contributed by atoms with Crippen LogP contribution in [-0.2, 0) is 9.84 Å². The Hall–Kier alpha value is -0.860. The van der Waals surface area contributed by atoms with Crippen molar-refractivity contribution in [2.75, 3.05) is 23.7 Å². The van der Waals surface area contributed by atoms with Crippen molar-refractivity contribution in [3.05, 3.63) is 0 Å². The van der Waals surface area contributed by atoms with Gasteiger partial charge in [0.15, 0.2) is 15.7 Å². The number of nitrogens with zero attached hydrogens (tertiary/aromatic N) is 2. The van der Waals surface area contributed by atoms with Crippen LogP contribution in [0.5, 0.6) is 0 Å². The fraction of sp³-hybridized carbons (Fsp3) is 0.727. The summed E-state index contributed by atoms with van der Waals surface area (Å²) in [6.45, 7) is 2.80. The van der Waals surface area contributed by atoms with Crippen molar-refractivity contribution in [1.82, 2.24) is 4.37 Å². The highest BCUT2D eigenvalue weighted by molar-refractivity contribution is 7.92. The first-order chi connectivity index (χ1) is 8.81. The van der Waals surface area contributed by atoms with E-state index in [2.05, 4.69) is 4.37 Å². The van der Waals surface area contributed by atoms with Gasteiger partial charge in [-0.25, -0.2) is 8.42 Å². The Morgan fingerprint density at radius 2 is 2.21 bits per heavy atom. The van der Waals surface area contributed by atoms with Crippen molar-refractivity contribution in [2.24, 2.45) is 0 Å². The lowest BCUT2D eigenvalue weighted by Crippen LogP contribution is -2.30. The van der Waals surface area contributed by atoms with E-state index in [9.17, 15) is 13.5 Å². The van der Waals surface area contributed by atoms with Gasteiger partial charge in [0.05, 0.1) is 10.9 Å². The smallest absolute Gasteiger partial charge is 0.187 e. The van der Waals surface area contributed by atoms with Crippen molar-refractivity contribution in [1.29, 1.82) is 0 Å². The molecule has 106 valence electrons. The molecule has 0 radical (unpaired) electrons. The first-order valence-electron chi connectivity index (χ1n) is 6.28. The van der Waals surface area contributed by atoms with Gasteiger partial charge < -0.3 is 15.7 Å². The number of aliphatic hydroxyl groups is 1. The van der Waals surface area contributed by atoms with Crippen LogP contribution >= 0.6 is 11.5 Å². The molecule has 2 heterocycles. The summed E-state index contributed by atoms with van der Waals surface area (Å²) in [5.41, 5.74) is 4.98. The molecule has 1 aromatic heterocycles. The highest BCUT2D eigenvalue weighted by Gasteiger charge is 2.43. The van der Waals surface area contributed by atoms with Gasteiger partial charge in [0.2, 0.25) is 0 Å². The largest absolute Gasteiger partial charge is 0.388 e. The van der Waals surface area contributed by atoms with Crippen molar-refractivity contribution in [2.45, 2.75) is 41.9 Å². The molecule has 1 saturated heterocycles. The van der Waals surface area contributed by atoms with Gasteiger partial charge in [-0.2, -0.15) is 4.37 Å². The minimum atomic E-state index is -3.36. The molecule has 1 aliphatic carbocycles. The lowest BCUT2D eigenvalue weighted by atomic mass is 10.1. The summed E-state index contributed by atoms with van der Waals surface area (Å²) in [6.07, 6.45) is 2.03. The molecule has 1 aromatic rings. The second-order valence-corrected chi connectivity index (χ2v) is 8.53. The first-order valence-corrected chi connectivity index (χ1v) is 8.60. The maximum absolute atomic E-state index is 12.4. The maximum Gasteiger partial charge on any atom is 0.187 e. The standard InChI is InChI=1S/C11H17N3O3S2/c1-11(15)4-5-14(6-11)10-8(9(12)13-18-10)19(16,17)7-2-3-7/h7,15H,2-6H2,1H3,(H2,12,13). The van der Waals surface area contributed by atoms with Crippen molar-refractivity contribution >= 4 is 32.2 Å². The summed E-state index contributed by atoms with van der Waals surface area (Å²) < 4.78 is 28.8. The Morgan fingerprint density at radius 1 is 1.53 bits per heavy atom. The van der Waals surface area contributed by atoms with Crippen LogP contribution in [0.1, 0.15) is 26.2 Å². The number of hydrogen-bond donors (Lipinski definition) is 2. The summed E-state index contributed by atoms with van der Waals surface area (Å²) in [7, 11) is -3.36. The van der Waals surface area contributed by atoms with E-state index in [1.165, 1.54) is 0 Å². The molecule has 3 rings (SSSR count). The molecule has 1 unspecified atom stereocenters. The molecule has 1 saturated carbocycles. The van der Waals surface area contributed by atoms with Gasteiger partial charge >= 0.3 is 0 Å².